The minimum atomic E-state index is -2.02. The summed E-state index contributed by atoms with van der Waals surface area (Å²) >= 11 is 0. The van der Waals surface area contributed by atoms with Gasteiger partial charge in [-0.3, -0.25) is 0 Å². The van der Waals surface area contributed by atoms with Crippen LogP contribution in [0.1, 0.15) is 91.9 Å². The van der Waals surface area contributed by atoms with Crippen molar-refractivity contribution in [3.8, 4) is 0 Å². The normalized spacial score (nSPS) is 54.9. The molecule has 28 nitrogen and oxygen atoms in total. The first-order valence-electron chi connectivity index (χ1n) is 30.7. The summed E-state index contributed by atoms with van der Waals surface area (Å²) in [6.45, 7) is 5.72. The Kier molecular flexibility index (Phi) is 21.1. The number of hydrogen-bond donors (Lipinski definition) is 16. The highest BCUT2D eigenvalue weighted by Gasteiger charge is 2.69. The smallest absolute Gasteiger partial charge is 0.187 e. The molecule has 4 saturated carbocycles. The Balaban J connectivity index is 0.764. The molecular weight excluding hydrogens is 1130 g/mol. The van der Waals surface area contributed by atoms with Gasteiger partial charge in [0.25, 0.3) is 0 Å². The zero-order chi connectivity index (χ0) is 61.4. The molecular formula is C57H96O28. The second-order valence-corrected chi connectivity index (χ2v) is 26.8. The molecule has 6 heterocycles. The zero-order valence-electron chi connectivity index (χ0n) is 48.9. The van der Waals surface area contributed by atoms with Crippen LogP contribution in [0.2, 0.25) is 0 Å². The molecule has 10 aliphatic rings. The van der Waals surface area contributed by atoms with E-state index in [2.05, 4.69) is 20.8 Å². The van der Waals surface area contributed by atoms with E-state index >= 15 is 0 Å². The molecule has 0 unspecified atom stereocenters. The molecule has 0 radical (unpaired) electrons. The highest BCUT2D eigenvalue weighted by atomic mass is 16.8. The predicted molar refractivity (Wildman–Crippen MR) is 283 cm³/mol. The van der Waals surface area contributed by atoms with Gasteiger partial charge in [-0.1, -0.05) is 27.7 Å². The lowest BCUT2D eigenvalue weighted by Gasteiger charge is -2.61. The molecule has 0 aromatic carbocycles. The van der Waals surface area contributed by atoms with E-state index in [1.165, 1.54) is 0 Å². The number of hydrogen-bond acceptors (Lipinski definition) is 28. The first-order chi connectivity index (χ1) is 40.4. The maximum atomic E-state index is 11.9. The molecule has 4 aliphatic carbocycles. The lowest BCUT2D eigenvalue weighted by Crippen LogP contribution is -2.68. The van der Waals surface area contributed by atoms with Crippen LogP contribution in [-0.4, -0.2) is 294 Å². The van der Waals surface area contributed by atoms with E-state index in [9.17, 15) is 81.7 Å². The van der Waals surface area contributed by atoms with Gasteiger partial charge in [-0.25, -0.2) is 0 Å². The van der Waals surface area contributed by atoms with Gasteiger partial charge < -0.3 is 139 Å². The zero-order valence-corrected chi connectivity index (χ0v) is 48.9. The number of fused-ring (bicyclic) bond motifs is 7. The molecule has 16 N–H and O–H groups in total. The Hall–Kier alpha value is -1.12. The highest BCUT2D eigenvalue weighted by molar-refractivity contribution is 5.15. The molecule has 0 spiro atoms. The predicted octanol–water partition coefficient (Wildman–Crippen LogP) is -4.84. The van der Waals surface area contributed by atoms with Crippen LogP contribution in [0.15, 0.2) is 0 Å². The summed E-state index contributed by atoms with van der Waals surface area (Å²) in [5.41, 5.74) is 0.0173. The van der Waals surface area contributed by atoms with Gasteiger partial charge >= 0.3 is 0 Å². The van der Waals surface area contributed by atoms with E-state index in [0.717, 1.165) is 38.5 Å². The molecule has 85 heavy (non-hydrogen) atoms. The highest BCUT2D eigenvalue weighted by Crippen LogP contribution is 2.71. The fourth-order valence-electron chi connectivity index (χ4n) is 17.2. The fraction of sp³-hybridized carbons (Fsp3) is 1.00. The average molecular weight is 1230 g/mol. The molecule has 0 bridgehead atoms. The molecule has 10 fully saturated rings. The third-order valence-corrected chi connectivity index (χ3v) is 22.1. The maximum absolute atomic E-state index is 11.9. The van der Waals surface area contributed by atoms with E-state index in [4.69, 9.17) is 56.8 Å². The van der Waals surface area contributed by atoms with E-state index in [1.807, 2.05) is 6.92 Å². The molecule has 28 heteroatoms. The van der Waals surface area contributed by atoms with Crippen LogP contribution < -0.4 is 0 Å². The summed E-state index contributed by atoms with van der Waals surface area (Å²) in [5, 5.41) is 170. The monoisotopic (exact) mass is 1230 g/mol. The van der Waals surface area contributed by atoms with Crippen LogP contribution in [0.5, 0.6) is 0 Å². The fourth-order valence-corrected chi connectivity index (χ4v) is 17.2. The summed E-state index contributed by atoms with van der Waals surface area (Å²) in [7, 11) is 1.71. The van der Waals surface area contributed by atoms with E-state index in [0.29, 0.717) is 43.4 Å². The maximum Gasteiger partial charge on any atom is 0.187 e. The van der Waals surface area contributed by atoms with Crippen LogP contribution in [0.3, 0.4) is 0 Å². The average Bonchev–Trinajstić information content (AvgIpc) is 1.60. The van der Waals surface area contributed by atoms with Crippen LogP contribution >= 0.6 is 0 Å². The third-order valence-electron chi connectivity index (χ3n) is 22.1. The van der Waals surface area contributed by atoms with E-state index < -0.39 is 192 Å². The molecule has 10 rings (SSSR count). The van der Waals surface area contributed by atoms with E-state index in [-0.39, 0.29) is 47.2 Å². The second kappa shape index (κ2) is 26.8. The lowest BCUT2D eigenvalue weighted by atomic mass is 9.44. The van der Waals surface area contributed by atoms with Crippen molar-refractivity contribution in [3.63, 3.8) is 0 Å². The van der Waals surface area contributed by atoms with Crippen LogP contribution in [-0.2, 0) is 56.8 Å². The van der Waals surface area contributed by atoms with Crippen molar-refractivity contribution in [1.29, 1.82) is 0 Å². The summed E-state index contributed by atoms with van der Waals surface area (Å²) < 4.78 is 72.8. The second-order valence-electron chi connectivity index (χ2n) is 26.8. The van der Waals surface area contributed by atoms with Crippen LogP contribution in [0.25, 0.3) is 0 Å². The molecule has 6 saturated heterocycles. The number of ether oxygens (including phenoxy) is 12. The van der Waals surface area contributed by atoms with Crippen molar-refractivity contribution >= 4 is 0 Å². The number of rotatable bonds is 19. The van der Waals surface area contributed by atoms with Crippen LogP contribution in [0.4, 0.5) is 0 Å². The third kappa shape index (κ3) is 12.3. The van der Waals surface area contributed by atoms with Crippen molar-refractivity contribution in [2.75, 3.05) is 46.8 Å². The van der Waals surface area contributed by atoms with Gasteiger partial charge in [-0.05, 0) is 104 Å². The number of aliphatic hydroxyl groups excluding tert-OH is 16. The number of aliphatic hydroxyl groups is 16. The molecule has 36 atom stereocenters. The van der Waals surface area contributed by atoms with Gasteiger partial charge in [-0.2, -0.15) is 0 Å². The Morgan fingerprint density at radius 1 is 0.518 bits per heavy atom. The van der Waals surface area contributed by atoms with Gasteiger partial charge in [-0.15, -0.1) is 0 Å². The molecule has 0 aromatic rings. The van der Waals surface area contributed by atoms with Gasteiger partial charge in [0.15, 0.2) is 37.2 Å². The van der Waals surface area contributed by atoms with Gasteiger partial charge in [0.05, 0.1) is 51.8 Å². The Morgan fingerprint density at radius 2 is 1.07 bits per heavy atom. The first-order valence-corrected chi connectivity index (χ1v) is 30.7. The Bertz CT molecular complexity index is 2150. The van der Waals surface area contributed by atoms with Gasteiger partial charge in [0.2, 0.25) is 0 Å². The largest absolute Gasteiger partial charge is 0.394 e. The van der Waals surface area contributed by atoms with Crippen molar-refractivity contribution in [3.05, 3.63) is 0 Å². The van der Waals surface area contributed by atoms with E-state index in [1.54, 1.807) is 7.11 Å². The Morgan fingerprint density at radius 3 is 1.73 bits per heavy atom. The minimum Gasteiger partial charge on any atom is -0.394 e. The molecule has 0 amide bonds. The van der Waals surface area contributed by atoms with Gasteiger partial charge in [0, 0.05) is 19.4 Å². The Labute approximate surface area is 493 Å². The standard InChI is InChI=1S/C57H96O28/c1-22(20-75-50-44(71)40(67)37(64)31(16-58)78-50)8-13-57(74-5)23(2)35-30(85-57)15-28-26-7-6-24-14-25(9-11-55(24,3)27(26)10-12-56(28,35)4)77-52-46(73)42(69)47(34(19-61)81-52)82-54-49(84-53-45(72)41(68)38(65)32(17-59)79-53)48(39(66)33(18-60)80-54)83-51-43(70)36(63)29(62)21-76-51/h22-54,58-73H,6-21H2,1-5H3/t22-,23-,24-,25-,26+,27-,28-,29+,30-,31+,32+,33+,34+,35-,36-,37+,38+,39+,40-,41-,42+,43+,44+,45+,46+,47+,48-,49+,50+,51-,52+,53-,54-,55-,56-,57+/m0/s1. The molecule has 6 aliphatic heterocycles. The van der Waals surface area contributed by atoms with Crippen LogP contribution in [0, 0.1) is 52.3 Å². The topological polar surface area (TPSA) is 434 Å². The SMILES string of the molecule is CO[C@]1(CC[C@H](C)CO[C@@H]2O[C@H](CO)[C@@H](O)[C@H](O)[C@H]2O)O[C@H]2C[C@H]3[C@@H]4CC[C@H]5C[C@@H](O[C@@H]6O[C@H](CO)[C@@H](O[C@@H]7O[C@H](CO)[C@@H](O)[C@H](O[C@@H]8OC[C@@H](O)[C@H](O)[C@H]8O)[C@H]7O[C@@H]7O[C@H](CO)[C@@H](O)[C@H](O)[C@H]7O)[C@H](O)[C@H]6O)CC[C@]5(C)[C@H]4CC[C@]3(C)[C@H]2[C@@H]1C. The van der Waals surface area contributed by atoms with Crippen molar-refractivity contribution < 1.29 is 139 Å². The van der Waals surface area contributed by atoms with Crippen molar-refractivity contribution in [2.45, 2.75) is 257 Å². The van der Waals surface area contributed by atoms with Gasteiger partial charge in [0.1, 0.15) is 116 Å². The number of methoxy groups -OCH3 is 1. The molecule has 492 valence electrons. The lowest BCUT2D eigenvalue weighted by molar-refractivity contribution is -0.404. The summed E-state index contributed by atoms with van der Waals surface area (Å²) in [6.07, 6.45) is -32.1. The summed E-state index contributed by atoms with van der Waals surface area (Å²) in [4.78, 5) is 0. The first kappa shape index (κ1) is 66.8. The summed E-state index contributed by atoms with van der Waals surface area (Å²) in [6, 6.07) is 0. The quantitative estimate of drug-likeness (QED) is 0.0540. The molecule has 0 aromatic heterocycles. The minimum absolute atomic E-state index is 0.00540. The van der Waals surface area contributed by atoms with Crippen molar-refractivity contribution in [1.82, 2.24) is 0 Å². The summed E-state index contributed by atoms with van der Waals surface area (Å²) in [5.74, 6) is 1.23. The van der Waals surface area contributed by atoms with Crippen molar-refractivity contribution in [2.24, 2.45) is 52.3 Å².